The van der Waals surface area contributed by atoms with Crippen LogP contribution in [0.5, 0.6) is 11.5 Å². The zero-order valence-electron chi connectivity index (χ0n) is 21.9. The lowest BCUT2D eigenvalue weighted by Gasteiger charge is -2.15. The summed E-state index contributed by atoms with van der Waals surface area (Å²) in [4.78, 5) is 35.4. The maximum atomic E-state index is 15.1. The number of nitrogens with zero attached hydrogens (tertiary/aromatic N) is 3. The van der Waals surface area contributed by atoms with Crippen molar-refractivity contribution >= 4 is 32.7 Å². The molecular weight excluding hydrogens is 580 g/mol. The lowest BCUT2D eigenvalue weighted by Crippen LogP contribution is -2.22. The number of halogens is 3. The number of hydrogen-bond acceptors (Lipinski definition) is 5. The second kappa shape index (κ2) is 11.1. The van der Waals surface area contributed by atoms with Crippen molar-refractivity contribution in [2.75, 3.05) is 0 Å². The van der Waals surface area contributed by atoms with Gasteiger partial charge in [0.25, 0.3) is 0 Å². The van der Waals surface area contributed by atoms with E-state index >= 15 is 4.39 Å². The van der Waals surface area contributed by atoms with E-state index < -0.39 is 22.8 Å². The second-order valence-corrected chi connectivity index (χ2v) is 10.5. The van der Waals surface area contributed by atoms with E-state index in [-0.39, 0.29) is 29.3 Å². The van der Waals surface area contributed by atoms with Gasteiger partial charge >= 0.3 is 0 Å². The van der Waals surface area contributed by atoms with E-state index in [1.54, 1.807) is 29.1 Å². The molecule has 0 saturated carbocycles. The van der Waals surface area contributed by atoms with Gasteiger partial charge in [0.2, 0.25) is 0 Å². The summed E-state index contributed by atoms with van der Waals surface area (Å²) in [5, 5.41) is 0. The van der Waals surface area contributed by atoms with Crippen molar-refractivity contribution < 1.29 is 18.3 Å². The van der Waals surface area contributed by atoms with Crippen LogP contribution < -0.4 is 10.2 Å². The summed E-state index contributed by atoms with van der Waals surface area (Å²) < 4.78 is 37.0. The molecule has 0 amide bonds. The van der Waals surface area contributed by atoms with E-state index in [0.717, 1.165) is 10.2 Å². The molecule has 0 N–H and O–H groups in total. The molecule has 9 heteroatoms. The van der Waals surface area contributed by atoms with Crippen LogP contribution in [0.25, 0.3) is 22.2 Å². The van der Waals surface area contributed by atoms with Crippen LogP contribution in [-0.2, 0) is 6.42 Å². The van der Waals surface area contributed by atoms with Crippen LogP contribution in [0.15, 0.2) is 82.5 Å². The van der Waals surface area contributed by atoms with Crippen LogP contribution in [0.4, 0.5) is 8.78 Å². The molecule has 0 radical (unpaired) electrons. The predicted molar refractivity (Wildman–Crippen MR) is 153 cm³/mol. The quantitative estimate of drug-likeness (QED) is 0.179. The van der Waals surface area contributed by atoms with Crippen molar-refractivity contribution in [2.45, 2.75) is 33.2 Å². The van der Waals surface area contributed by atoms with E-state index in [9.17, 15) is 14.0 Å². The zero-order chi connectivity index (χ0) is 28.6. The maximum Gasteiger partial charge on any atom is 0.200 e. The predicted octanol–water partition coefficient (Wildman–Crippen LogP) is 7.61. The summed E-state index contributed by atoms with van der Waals surface area (Å²) in [6, 6.07) is 13.2. The number of ketones is 1. The number of fused-ring (bicyclic) bond motifs is 1. The van der Waals surface area contributed by atoms with Gasteiger partial charge in [-0.25, -0.2) is 13.8 Å². The van der Waals surface area contributed by atoms with E-state index in [4.69, 9.17) is 4.74 Å². The second-order valence-electron chi connectivity index (χ2n) is 9.66. The Kier molecular flexibility index (Phi) is 7.58. The number of pyridine rings is 3. The van der Waals surface area contributed by atoms with Gasteiger partial charge in [-0.05, 0) is 78.2 Å². The third-order valence-electron chi connectivity index (χ3n) is 6.48. The summed E-state index contributed by atoms with van der Waals surface area (Å²) in [7, 11) is 0. The van der Waals surface area contributed by atoms with Crippen LogP contribution in [0.1, 0.15) is 41.5 Å². The van der Waals surface area contributed by atoms with Crippen LogP contribution in [0.2, 0.25) is 0 Å². The molecule has 0 atom stereocenters. The monoisotopic (exact) mass is 603 g/mol. The molecular formula is C31H24BrF2N3O3. The molecule has 2 aromatic carbocycles. The van der Waals surface area contributed by atoms with Crippen LogP contribution in [-0.4, -0.2) is 20.3 Å². The van der Waals surface area contributed by atoms with Gasteiger partial charge in [-0.3, -0.25) is 14.6 Å². The average Bonchev–Trinajstić information content (AvgIpc) is 2.91. The summed E-state index contributed by atoms with van der Waals surface area (Å²) in [5.74, 6) is -1.24. The molecule has 0 aliphatic rings. The van der Waals surface area contributed by atoms with Crippen LogP contribution in [0, 0.1) is 18.6 Å². The first-order valence-corrected chi connectivity index (χ1v) is 13.3. The van der Waals surface area contributed by atoms with Crippen molar-refractivity contribution in [3.8, 4) is 22.6 Å². The van der Waals surface area contributed by atoms with Crippen molar-refractivity contribution in [2.24, 2.45) is 0 Å². The minimum atomic E-state index is -0.663. The zero-order valence-corrected chi connectivity index (χ0v) is 23.5. The summed E-state index contributed by atoms with van der Waals surface area (Å²) in [5.41, 5.74) is 2.50. The van der Waals surface area contributed by atoms with Crippen molar-refractivity contribution in [3.05, 3.63) is 116 Å². The Morgan fingerprint density at radius 1 is 1.02 bits per heavy atom. The van der Waals surface area contributed by atoms with Gasteiger partial charge in [0, 0.05) is 47.2 Å². The number of benzene rings is 2. The minimum Gasteiger partial charge on any atom is -0.452 e. The lowest BCUT2D eigenvalue weighted by molar-refractivity contribution is 0.0991. The number of carbonyl (C=O) groups is 1. The largest absolute Gasteiger partial charge is 0.452 e. The SMILES string of the molecule is Cc1nc2c(Oc3ccc(CC(=O)c4cn(C(C)C)cc(-c5ccc(F)cc5)c4=O)cc3F)ccnc2cc1Br. The van der Waals surface area contributed by atoms with Gasteiger partial charge in [-0.2, -0.15) is 0 Å². The number of carbonyl (C=O) groups excluding carboxylic acids is 1. The molecule has 0 aliphatic carbocycles. The molecule has 6 nitrogen and oxygen atoms in total. The highest BCUT2D eigenvalue weighted by molar-refractivity contribution is 9.10. The average molecular weight is 604 g/mol. The maximum absolute atomic E-state index is 15.1. The van der Waals surface area contributed by atoms with Crippen molar-refractivity contribution in [1.29, 1.82) is 0 Å². The standard InChI is InChI=1S/C31H24BrF2N3O3/c1-17(2)37-15-22(20-5-7-21(33)8-6-20)31(39)23(16-37)27(38)13-19-4-9-28(25(34)12-19)40-29-10-11-35-26-14-24(32)18(3)36-30(26)29/h4-12,14-17H,13H2,1-3H3. The van der Waals surface area contributed by atoms with E-state index in [0.29, 0.717) is 27.9 Å². The Labute approximate surface area is 237 Å². The Morgan fingerprint density at radius 2 is 1.77 bits per heavy atom. The molecule has 40 heavy (non-hydrogen) atoms. The number of rotatable bonds is 7. The highest BCUT2D eigenvalue weighted by Gasteiger charge is 2.19. The third kappa shape index (κ3) is 5.56. The fraction of sp³-hybridized carbons (Fsp3) is 0.161. The van der Waals surface area contributed by atoms with Gasteiger partial charge in [0.1, 0.15) is 11.3 Å². The first-order chi connectivity index (χ1) is 19.1. The molecule has 0 bridgehead atoms. The fourth-order valence-corrected chi connectivity index (χ4v) is 4.57. The molecule has 0 saturated heterocycles. The van der Waals surface area contributed by atoms with E-state index in [1.807, 2.05) is 26.8 Å². The van der Waals surface area contributed by atoms with Gasteiger partial charge in [0.15, 0.2) is 28.5 Å². The number of hydrogen-bond donors (Lipinski definition) is 0. The molecule has 0 unspecified atom stereocenters. The molecule has 0 spiro atoms. The molecule has 5 rings (SSSR count). The molecule has 202 valence electrons. The molecule has 3 heterocycles. The molecule has 0 fully saturated rings. The Bertz CT molecular complexity index is 1820. The molecule has 5 aromatic rings. The summed E-state index contributed by atoms with van der Waals surface area (Å²) in [6.45, 7) is 5.67. The number of Topliss-reactive ketones (excluding diaryl/α,β-unsaturated/α-hetero) is 1. The fourth-order valence-electron chi connectivity index (χ4n) is 4.26. The van der Waals surface area contributed by atoms with Gasteiger partial charge in [-0.1, -0.05) is 18.2 Å². The van der Waals surface area contributed by atoms with E-state index in [1.165, 1.54) is 42.6 Å². The van der Waals surface area contributed by atoms with Gasteiger partial charge in [0.05, 0.1) is 16.8 Å². The van der Waals surface area contributed by atoms with Crippen LogP contribution >= 0.6 is 15.9 Å². The first-order valence-electron chi connectivity index (χ1n) is 12.5. The highest BCUT2D eigenvalue weighted by Crippen LogP contribution is 2.31. The van der Waals surface area contributed by atoms with Crippen LogP contribution in [0.3, 0.4) is 0 Å². The Balaban J connectivity index is 1.43. The topological polar surface area (TPSA) is 74.1 Å². The Hall–Kier alpha value is -4.24. The number of aromatic nitrogens is 3. The van der Waals surface area contributed by atoms with Gasteiger partial charge in [-0.15, -0.1) is 0 Å². The van der Waals surface area contributed by atoms with Crippen molar-refractivity contribution in [3.63, 3.8) is 0 Å². The third-order valence-corrected chi connectivity index (χ3v) is 7.29. The Morgan fingerprint density at radius 3 is 2.48 bits per heavy atom. The molecule has 3 aromatic heterocycles. The summed E-state index contributed by atoms with van der Waals surface area (Å²) in [6.07, 6.45) is 4.53. The van der Waals surface area contributed by atoms with E-state index in [2.05, 4.69) is 25.9 Å². The number of aryl methyl sites for hydroxylation is 1. The highest BCUT2D eigenvalue weighted by atomic mass is 79.9. The smallest absolute Gasteiger partial charge is 0.200 e. The first kappa shape index (κ1) is 27.3. The van der Waals surface area contributed by atoms with Crippen molar-refractivity contribution in [1.82, 2.24) is 14.5 Å². The normalized spacial score (nSPS) is 11.3. The summed E-state index contributed by atoms with van der Waals surface area (Å²) >= 11 is 3.43. The molecule has 0 aliphatic heterocycles. The minimum absolute atomic E-state index is 0.0212. The number of ether oxygens (including phenoxy) is 1. The lowest BCUT2D eigenvalue weighted by atomic mass is 9.99. The van der Waals surface area contributed by atoms with Gasteiger partial charge < -0.3 is 9.30 Å².